The quantitative estimate of drug-likeness (QED) is 0.641. The average Bonchev–Trinajstić information content (AvgIpc) is 3.04. The first-order valence-electron chi connectivity index (χ1n) is 9.54. The Balaban J connectivity index is 1.73. The van der Waals surface area contributed by atoms with Crippen LogP contribution in [0.25, 0.3) is 0 Å². The summed E-state index contributed by atoms with van der Waals surface area (Å²) in [5.74, 6) is -0.983. The number of esters is 1. The van der Waals surface area contributed by atoms with Crippen LogP contribution in [0.5, 0.6) is 0 Å². The van der Waals surface area contributed by atoms with E-state index in [9.17, 15) is 14.4 Å². The van der Waals surface area contributed by atoms with Crippen molar-refractivity contribution >= 4 is 17.8 Å². The lowest BCUT2D eigenvalue weighted by Gasteiger charge is -2.35. The number of unbranched alkanes of at least 4 members (excludes halogenated alkanes) is 1. The van der Waals surface area contributed by atoms with E-state index in [1.807, 2.05) is 6.92 Å². The van der Waals surface area contributed by atoms with E-state index in [1.54, 1.807) is 4.90 Å². The summed E-state index contributed by atoms with van der Waals surface area (Å²) in [6.45, 7) is 3.54. The Morgan fingerprint density at radius 1 is 1.23 bits per heavy atom. The molecule has 2 bridgehead atoms. The van der Waals surface area contributed by atoms with E-state index in [1.165, 1.54) is 12.0 Å². The van der Waals surface area contributed by atoms with Gasteiger partial charge in [-0.05, 0) is 25.7 Å². The summed E-state index contributed by atoms with van der Waals surface area (Å²) in [7, 11) is 1.32. The molecule has 2 amide bonds. The maximum absolute atomic E-state index is 12.9. The number of fused-ring (bicyclic) bond motifs is 2. The molecule has 4 atom stereocenters. The molecule has 8 nitrogen and oxygen atoms in total. The molecular weight excluding hydrogens is 340 g/mol. The number of rotatable bonds is 6. The highest BCUT2D eigenvalue weighted by Crippen LogP contribution is 2.31. The van der Waals surface area contributed by atoms with Gasteiger partial charge in [-0.3, -0.25) is 9.59 Å². The Morgan fingerprint density at radius 2 is 1.96 bits per heavy atom. The number of likely N-dealkylation sites (tertiary alicyclic amines) is 1. The molecule has 3 aliphatic rings. The fraction of sp³-hybridized carbons (Fsp3) is 0.833. The van der Waals surface area contributed by atoms with Crippen LogP contribution in [0.3, 0.4) is 0 Å². The highest BCUT2D eigenvalue weighted by molar-refractivity contribution is 5.94. The van der Waals surface area contributed by atoms with Gasteiger partial charge in [0.2, 0.25) is 0 Å². The van der Waals surface area contributed by atoms with E-state index in [4.69, 9.17) is 14.2 Å². The minimum Gasteiger partial charge on any atom is -0.467 e. The summed E-state index contributed by atoms with van der Waals surface area (Å²) in [4.78, 5) is 41.2. The predicted molar refractivity (Wildman–Crippen MR) is 91.0 cm³/mol. The zero-order valence-corrected chi connectivity index (χ0v) is 15.5. The monoisotopic (exact) mass is 368 g/mol. The van der Waals surface area contributed by atoms with Crippen LogP contribution < -0.4 is 0 Å². The summed E-state index contributed by atoms with van der Waals surface area (Å²) >= 11 is 0. The normalized spacial score (nSPS) is 29.6. The van der Waals surface area contributed by atoms with Crippen molar-refractivity contribution < 1.29 is 28.6 Å². The maximum Gasteiger partial charge on any atom is 0.328 e. The first-order chi connectivity index (χ1) is 12.6. The average molecular weight is 368 g/mol. The van der Waals surface area contributed by atoms with Crippen molar-refractivity contribution in [3.05, 3.63) is 0 Å². The number of hydrogen-bond donors (Lipinski definition) is 0. The second kappa shape index (κ2) is 8.35. The van der Waals surface area contributed by atoms with Crippen molar-refractivity contribution in [2.45, 2.75) is 70.0 Å². The van der Waals surface area contributed by atoms with Crippen LogP contribution in [0.15, 0.2) is 0 Å². The van der Waals surface area contributed by atoms with Crippen LogP contribution in [0, 0.1) is 0 Å². The molecule has 0 aliphatic carbocycles. The smallest absolute Gasteiger partial charge is 0.328 e. The number of methoxy groups -OCH3 is 1. The molecule has 0 unspecified atom stereocenters. The second-order valence-electron chi connectivity index (χ2n) is 7.10. The van der Waals surface area contributed by atoms with Crippen molar-refractivity contribution in [1.29, 1.82) is 0 Å². The topological polar surface area (TPSA) is 85.4 Å². The van der Waals surface area contributed by atoms with Gasteiger partial charge in [-0.15, -0.1) is 0 Å². The van der Waals surface area contributed by atoms with Gasteiger partial charge < -0.3 is 24.0 Å². The largest absolute Gasteiger partial charge is 0.467 e. The number of hydrogen-bond acceptors (Lipinski definition) is 6. The molecule has 0 aromatic heterocycles. The molecule has 3 rings (SSSR count). The third kappa shape index (κ3) is 3.71. The highest BCUT2D eigenvalue weighted by Gasteiger charge is 2.54. The lowest BCUT2D eigenvalue weighted by Crippen LogP contribution is -2.57. The molecule has 3 heterocycles. The van der Waals surface area contributed by atoms with Crippen molar-refractivity contribution in [1.82, 2.24) is 9.80 Å². The van der Waals surface area contributed by atoms with Crippen LogP contribution in [-0.2, 0) is 28.6 Å². The maximum atomic E-state index is 12.9. The van der Waals surface area contributed by atoms with E-state index in [0.717, 1.165) is 32.1 Å². The number of carbonyl (C=O) groups is 3. The number of piperidine rings is 1. The second-order valence-corrected chi connectivity index (χ2v) is 7.10. The van der Waals surface area contributed by atoms with Crippen molar-refractivity contribution in [3.63, 3.8) is 0 Å². The van der Waals surface area contributed by atoms with Crippen LogP contribution in [-0.4, -0.2) is 78.9 Å². The molecule has 146 valence electrons. The van der Waals surface area contributed by atoms with Gasteiger partial charge in [0.1, 0.15) is 6.04 Å². The molecule has 26 heavy (non-hydrogen) atoms. The molecule has 8 heteroatoms. The zero-order chi connectivity index (χ0) is 18.7. The van der Waals surface area contributed by atoms with Gasteiger partial charge in [-0.1, -0.05) is 19.8 Å². The Kier molecular flexibility index (Phi) is 6.13. The third-order valence-corrected chi connectivity index (χ3v) is 5.34. The van der Waals surface area contributed by atoms with Gasteiger partial charge >= 0.3 is 5.97 Å². The highest BCUT2D eigenvalue weighted by atomic mass is 16.7. The minimum absolute atomic E-state index is 0.141. The zero-order valence-electron chi connectivity index (χ0n) is 15.5. The van der Waals surface area contributed by atoms with Gasteiger partial charge in [0.25, 0.3) is 11.8 Å². The number of morpholine rings is 1. The molecule has 3 fully saturated rings. The van der Waals surface area contributed by atoms with Gasteiger partial charge in [0.05, 0.1) is 13.7 Å². The number of amides is 2. The number of nitrogens with zero attached hydrogens (tertiary/aromatic N) is 2. The fourth-order valence-electron chi connectivity index (χ4n) is 3.89. The minimum atomic E-state index is -0.975. The van der Waals surface area contributed by atoms with Crippen molar-refractivity contribution in [2.24, 2.45) is 0 Å². The molecule has 3 saturated heterocycles. The Bertz CT molecular complexity index is 548. The lowest BCUT2D eigenvalue weighted by atomic mass is 10.0. The van der Waals surface area contributed by atoms with Gasteiger partial charge in [0, 0.05) is 13.1 Å². The van der Waals surface area contributed by atoms with E-state index >= 15 is 0 Å². The number of carbonyl (C=O) groups excluding carboxylic acids is 3. The molecule has 0 aromatic rings. The van der Waals surface area contributed by atoms with Crippen LogP contribution in [0.1, 0.15) is 45.4 Å². The molecule has 0 N–H and O–H groups in total. The van der Waals surface area contributed by atoms with E-state index in [0.29, 0.717) is 19.5 Å². The van der Waals surface area contributed by atoms with E-state index in [-0.39, 0.29) is 18.4 Å². The Labute approximate surface area is 153 Å². The molecule has 3 aliphatic heterocycles. The number of ether oxygens (including phenoxy) is 3. The molecule has 0 spiro atoms. The first kappa shape index (κ1) is 19.1. The standard InChI is InChI=1S/C18H28N2O6/c1-3-4-8-12(18(23)24-2)20-11-13-25-14(15(26-13)17(20)22)16(21)19-9-6-5-7-10-19/h12-15H,3-11H2,1-2H3/t12-,13-,14+,15-/m0/s1. The molecule has 0 aromatic carbocycles. The van der Waals surface area contributed by atoms with Crippen molar-refractivity contribution in [2.75, 3.05) is 26.7 Å². The van der Waals surface area contributed by atoms with E-state index in [2.05, 4.69) is 0 Å². The predicted octanol–water partition coefficient (Wildman–Crippen LogP) is 0.683. The lowest BCUT2D eigenvalue weighted by molar-refractivity contribution is -0.173. The van der Waals surface area contributed by atoms with Crippen molar-refractivity contribution in [3.8, 4) is 0 Å². The van der Waals surface area contributed by atoms with Crippen LogP contribution >= 0.6 is 0 Å². The SMILES string of the molecule is CCCC[C@@H](C(=O)OC)N1C[C@@H]2O[C@H](C1=O)[C@H](C(=O)N1CCCCC1)O2. The fourth-order valence-corrected chi connectivity index (χ4v) is 3.89. The van der Waals surface area contributed by atoms with Gasteiger partial charge in [-0.2, -0.15) is 0 Å². The summed E-state index contributed by atoms with van der Waals surface area (Å²) in [6, 6.07) is -0.659. The summed E-state index contributed by atoms with van der Waals surface area (Å²) in [5.41, 5.74) is 0. The van der Waals surface area contributed by atoms with Gasteiger partial charge in [-0.25, -0.2) is 4.79 Å². The summed E-state index contributed by atoms with van der Waals surface area (Å²) < 4.78 is 16.2. The van der Waals surface area contributed by atoms with E-state index < -0.39 is 30.5 Å². The summed E-state index contributed by atoms with van der Waals surface area (Å²) in [5, 5.41) is 0. The molecular formula is C18H28N2O6. The Hall–Kier alpha value is -1.67. The Morgan fingerprint density at radius 3 is 2.62 bits per heavy atom. The van der Waals surface area contributed by atoms with Gasteiger partial charge in [0.15, 0.2) is 18.5 Å². The molecule has 0 radical (unpaired) electrons. The first-order valence-corrected chi connectivity index (χ1v) is 9.54. The van der Waals surface area contributed by atoms with Crippen LogP contribution in [0.4, 0.5) is 0 Å². The third-order valence-electron chi connectivity index (χ3n) is 5.34. The molecule has 0 saturated carbocycles. The summed E-state index contributed by atoms with van der Waals surface area (Å²) in [6.07, 6.45) is 2.72. The van der Waals surface area contributed by atoms with Crippen LogP contribution in [0.2, 0.25) is 0 Å².